The van der Waals surface area contributed by atoms with E-state index >= 15 is 0 Å². The lowest BCUT2D eigenvalue weighted by Crippen LogP contribution is -2.26. The summed E-state index contributed by atoms with van der Waals surface area (Å²) >= 11 is 6.26. The summed E-state index contributed by atoms with van der Waals surface area (Å²) in [7, 11) is 2.17. The van der Waals surface area contributed by atoms with Crippen LogP contribution in [0.2, 0.25) is 5.02 Å². The molecule has 3 heterocycles. The van der Waals surface area contributed by atoms with Crippen molar-refractivity contribution in [3.63, 3.8) is 0 Å². The molecule has 0 unspecified atom stereocenters. The zero-order valence-electron chi connectivity index (χ0n) is 14.0. The molecule has 0 aliphatic carbocycles. The van der Waals surface area contributed by atoms with Crippen molar-refractivity contribution in [3.05, 3.63) is 64.6 Å². The van der Waals surface area contributed by atoms with Gasteiger partial charge in [-0.25, -0.2) is 0 Å². The van der Waals surface area contributed by atoms with Crippen LogP contribution in [-0.4, -0.2) is 28.0 Å². The van der Waals surface area contributed by atoms with E-state index in [2.05, 4.69) is 52.8 Å². The predicted octanol–water partition coefficient (Wildman–Crippen LogP) is 4.70. The van der Waals surface area contributed by atoms with Crippen LogP contribution in [0.15, 0.2) is 42.7 Å². The zero-order valence-corrected chi connectivity index (χ0v) is 14.7. The Bertz CT molecular complexity index is 925. The quantitative estimate of drug-likeness (QED) is 0.676. The largest absolute Gasteiger partial charge is 0.320 e. The summed E-state index contributed by atoms with van der Waals surface area (Å²) in [6.45, 7) is 4.19. The Morgan fingerprint density at radius 1 is 1.29 bits per heavy atom. The highest BCUT2D eigenvalue weighted by molar-refractivity contribution is 6.31. The smallest absolute Gasteiger partial charge is 0.0529 e. The minimum Gasteiger partial charge on any atom is -0.320 e. The van der Waals surface area contributed by atoms with Crippen molar-refractivity contribution < 1.29 is 0 Å². The average molecular weight is 338 g/mol. The molecule has 0 fully saturated rings. The van der Waals surface area contributed by atoms with Gasteiger partial charge in [-0.05, 0) is 54.9 Å². The van der Waals surface area contributed by atoms with Crippen molar-refractivity contribution in [1.82, 2.24) is 14.5 Å². The molecule has 0 amide bonds. The summed E-state index contributed by atoms with van der Waals surface area (Å²) in [5, 5.41) is 2.06. The number of aromatic nitrogens is 2. The molecule has 1 aliphatic heterocycles. The van der Waals surface area contributed by atoms with Gasteiger partial charge in [0.1, 0.15) is 0 Å². The van der Waals surface area contributed by atoms with Gasteiger partial charge < -0.3 is 9.47 Å². The van der Waals surface area contributed by atoms with E-state index in [0.717, 1.165) is 30.1 Å². The molecule has 24 heavy (non-hydrogen) atoms. The fourth-order valence-electron chi connectivity index (χ4n) is 3.51. The number of halogens is 1. The standard InChI is InChI=1S/C20H20ClN3/c1-14(15-4-3-8-22-11-15)12-24-19-6-5-16(21)10-17(19)18-13-23(2)9-7-20(18)24/h3-6,8,10-12H,7,9,13H2,1-2H3/b14-12+. The molecule has 1 aromatic carbocycles. The van der Waals surface area contributed by atoms with E-state index in [1.165, 1.54) is 27.7 Å². The van der Waals surface area contributed by atoms with Gasteiger partial charge in [0, 0.05) is 54.2 Å². The minimum atomic E-state index is 0.795. The molecule has 4 rings (SSSR count). The van der Waals surface area contributed by atoms with Crippen LogP contribution in [0.3, 0.4) is 0 Å². The Balaban J connectivity index is 1.92. The third kappa shape index (κ3) is 2.64. The van der Waals surface area contributed by atoms with Crippen molar-refractivity contribution in [2.24, 2.45) is 0 Å². The predicted molar refractivity (Wildman–Crippen MR) is 101 cm³/mol. The lowest BCUT2D eigenvalue weighted by atomic mass is 10.1. The zero-order chi connectivity index (χ0) is 16.7. The Morgan fingerprint density at radius 3 is 2.96 bits per heavy atom. The lowest BCUT2D eigenvalue weighted by Gasteiger charge is -2.23. The number of likely N-dealkylation sites (N-methyl/N-ethyl adjacent to an activating group) is 1. The second kappa shape index (κ2) is 6.08. The SMILES string of the molecule is C/C(=C\n1c2c(c3cc(Cl)ccc31)CN(C)CC2)c1cccnc1. The van der Waals surface area contributed by atoms with E-state index in [9.17, 15) is 0 Å². The first-order valence-corrected chi connectivity index (χ1v) is 8.60. The maximum absolute atomic E-state index is 6.26. The summed E-state index contributed by atoms with van der Waals surface area (Å²) in [5.74, 6) is 0. The van der Waals surface area contributed by atoms with E-state index < -0.39 is 0 Å². The molecule has 0 spiro atoms. The molecule has 0 radical (unpaired) electrons. The number of hydrogen-bond acceptors (Lipinski definition) is 2. The van der Waals surface area contributed by atoms with Crippen molar-refractivity contribution in [1.29, 1.82) is 0 Å². The maximum atomic E-state index is 6.26. The molecule has 1 aliphatic rings. The van der Waals surface area contributed by atoms with Crippen LogP contribution >= 0.6 is 11.6 Å². The molecule has 0 saturated carbocycles. The van der Waals surface area contributed by atoms with Gasteiger partial charge in [-0.15, -0.1) is 0 Å². The van der Waals surface area contributed by atoms with E-state index in [4.69, 9.17) is 11.6 Å². The number of allylic oxidation sites excluding steroid dienone is 1. The van der Waals surface area contributed by atoms with E-state index in [1.807, 2.05) is 24.5 Å². The first kappa shape index (κ1) is 15.4. The van der Waals surface area contributed by atoms with Gasteiger partial charge in [-0.3, -0.25) is 4.98 Å². The number of pyridine rings is 1. The van der Waals surface area contributed by atoms with E-state index in [1.54, 1.807) is 0 Å². The van der Waals surface area contributed by atoms with Crippen molar-refractivity contribution >= 4 is 34.3 Å². The van der Waals surface area contributed by atoms with Gasteiger partial charge in [0.2, 0.25) is 0 Å². The van der Waals surface area contributed by atoms with E-state index in [-0.39, 0.29) is 0 Å². The van der Waals surface area contributed by atoms with Crippen LogP contribution in [0.25, 0.3) is 22.7 Å². The number of rotatable bonds is 2. The van der Waals surface area contributed by atoms with Crippen LogP contribution in [0.1, 0.15) is 23.7 Å². The van der Waals surface area contributed by atoms with Gasteiger partial charge in [-0.2, -0.15) is 0 Å². The van der Waals surface area contributed by atoms with Crippen molar-refractivity contribution in [3.8, 4) is 0 Å². The Morgan fingerprint density at radius 2 is 2.17 bits per heavy atom. The first-order valence-electron chi connectivity index (χ1n) is 8.22. The Hall–Kier alpha value is -2.10. The van der Waals surface area contributed by atoms with Gasteiger partial charge in [-0.1, -0.05) is 17.7 Å². The molecular formula is C20H20ClN3. The average Bonchev–Trinajstić information content (AvgIpc) is 2.88. The molecule has 0 N–H and O–H groups in total. The molecule has 0 saturated heterocycles. The molecule has 0 bridgehead atoms. The van der Waals surface area contributed by atoms with Crippen LogP contribution < -0.4 is 0 Å². The summed E-state index contributed by atoms with van der Waals surface area (Å²) in [5.41, 5.74) is 6.37. The number of fused-ring (bicyclic) bond motifs is 3. The topological polar surface area (TPSA) is 21.1 Å². The van der Waals surface area contributed by atoms with Crippen LogP contribution in [-0.2, 0) is 13.0 Å². The van der Waals surface area contributed by atoms with Gasteiger partial charge in [0.05, 0.1) is 5.52 Å². The molecule has 2 aromatic heterocycles. The molecule has 3 nitrogen and oxygen atoms in total. The number of hydrogen-bond donors (Lipinski definition) is 0. The minimum absolute atomic E-state index is 0.795. The Kier molecular flexibility index (Phi) is 3.91. The second-order valence-corrected chi connectivity index (χ2v) is 6.93. The van der Waals surface area contributed by atoms with Crippen molar-refractivity contribution in [2.45, 2.75) is 19.9 Å². The van der Waals surface area contributed by atoms with Crippen LogP contribution in [0.5, 0.6) is 0 Å². The molecule has 0 atom stereocenters. The fourth-order valence-corrected chi connectivity index (χ4v) is 3.68. The summed E-state index contributed by atoms with van der Waals surface area (Å²) in [6, 6.07) is 10.3. The lowest BCUT2D eigenvalue weighted by molar-refractivity contribution is 0.312. The molecule has 3 aromatic rings. The molecule has 122 valence electrons. The van der Waals surface area contributed by atoms with E-state index in [0.29, 0.717) is 0 Å². The third-order valence-corrected chi connectivity index (χ3v) is 5.02. The maximum Gasteiger partial charge on any atom is 0.0529 e. The second-order valence-electron chi connectivity index (χ2n) is 6.50. The number of nitrogens with zero attached hydrogens (tertiary/aromatic N) is 3. The Labute approximate surface area is 147 Å². The van der Waals surface area contributed by atoms with Crippen LogP contribution in [0, 0.1) is 0 Å². The van der Waals surface area contributed by atoms with Crippen molar-refractivity contribution in [2.75, 3.05) is 13.6 Å². The number of benzene rings is 1. The normalized spacial score (nSPS) is 15.7. The summed E-state index contributed by atoms with van der Waals surface area (Å²) in [4.78, 5) is 6.60. The molecular weight excluding hydrogens is 318 g/mol. The highest BCUT2D eigenvalue weighted by atomic mass is 35.5. The summed E-state index contributed by atoms with van der Waals surface area (Å²) in [6.07, 6.45) is 7.00. The molecule has 4 heteroatoms. The highest BCUT2D eigenvalue weighted by Crippen LogP contribution is 2.33. The van der Waals surface area contributed by atoms with Gasteiger partial charge in [0.25, 0.3) is 0 Å². The fraction of sp³-hybridized carbons (Fsp3) is 0.250. The van der Waals surface area contributed by atoms with Gasteiger partial charge >= 0.3 is 0 Å². The van der Waals surface area contributed by atoms with Gasteiger partial charge in [0.15, 0.2) is 0 Å². The highest BCUT2D eigenvalue weighted by Gasteiger charge is 2.22. The first-order chi connectivity index (χ1) is 11.6. The monoisotopic (exact) mass is 337 g/mol. The summed E-state index contributed by atoms with van der Waals surface area (Å²) < 4.78 is 2.34. The van der Waals surface area contributed by atoms with Crippen LogP contribution in [0.4, 0.5) is 0 Å². The third-order valence-electron chi connectivity index (χ3n) is 4.78.